The fourth-order valence-electron chi connectivity index (χ4n) is 1.68. The van der Waals surface area contributed by atoms with Gasteiger partial charge in [0.2, 0.25) is 5.89 Å². The van der Waals surface area contributed by atoms with E-state index in [9.17, 15) is 4.79 Å². The third-order valence-electron chi connectivity index (χ3n) is 2.71. The highest BCUT2D eigenvalue weighted by Crippen LogP contribution is 2.30. The first-order chi connectivity index (χ1) is 8.79. The minimum atomic E-state index is -0.241. The average molecular weight is 278 g/mol. The number of ketones is 1. The Hall–Kier alpha value is -1.61. The smallest absolute Gasteiger partial charge is 0.201 e. The number of hydrogen-bond donors (Lipinski definition) is 0. The lowest BCUT2D eigenvalue weighted by molar-refractivity contribution is 0.0984. The van der Waals surface area contributed by atoms with E-state index in [0.717, 1.165) is 5.56 Å². The van der Waals surface area contributed by atoms with E-state index in [-0.39, 0.29) is 11.2 Å². The van der Waals surface area contributed by atoms with Gasteiger partial charge in [0.25, 0.3) is 0 Å². The van der Waals surface area contributed by atoms with Crippen LogP contribution >= 0.6 is 11.6 Å². The van der Waals surface area contributed by atoms with Crippen molar-refractivity contribution < 1.29 is 9.21 Å². The van der Waals surface area contributed by atoms with Crippen molar-refractivity contribution in [3.63, 3.8) is 0 Å². The molecule has 0 fully saturated rings. The Balaban J connectivity index is 2.58. The highest BCUT2D eigenvalue weighted by atomic mass is 35.5. The fraction of sp³-hybridized carbons (Fsp3) is 0.333. The third-order valence-corrected chi connectivity index (χ3v) is 2.96. The van der Waals surface area contributed by atoms with Gasteiger partial charge in [0, 0.05) is 22.9 Å². The first-order valence-electron chi connectivity index (χ1n) is 6.07. The van der Waals surface area contributed by atoms with E-state index in [2.05, 4.69) is 4.98 Å². The predicted octanol–water partition coefficient (Wildman–Crippen LogP) is 4.50. The van der Waals surface area contributed by atoms with Crippen LogP contribution in [0.1, 0.15) is 44.1 Å². The highest BCUT2D eigenvalue weighted by molar-refractivity contribution is 6.30. The molecule has 0 aliphatic carbocycles. The first kappa shape index (κ1) is 13.8. The SMILES string of the molecule is CC(=O)c1oc(C(C)(C)C)nc1-c1ccc(Cl)cc1. The molecule has 3 nitrogen and oxygen atoms in total. The van der Waals surface area contributed by atoms with E-state index in [1.807, 2.05) is 32.9 Å². The molecule has 100 valence electrons. The van der Waals surface area contributed by atoms with Crippen molar-refractivity contribution >= 4 is 17.4 Å². The fourth-order valence-corrected chi connectivity index (χ4v) is 1.81. The first-order valence-corrected chi connectivity index (χ1v) is 6.45. The van der Waals surface area contributed by atoms with Crippen LogP contribution in [0.3, 0.4) is 0 Å². The molecule has 0 N–H and O–H groups in total. The molecule has 0 spiro atoms. The van der Waals surface area contributed by atoms with E-state index in [1.54, 1.807) is 12.1 Å². The summed E-state index contributed by atoms with van der Waals surface area (Å²) in [6.45, 7) is 7.46. The maximum atomic E-state index is 11.7. The Labute approximate surface area is 117 Å². The summed E-state index contributed by atoms with van der Waals surface area (Å²) in [5.74, 6) is 0.725. The Morgan fingerprint density at radius 3 is 2.26 bits per heavy atom. The van der Waals surface area contributed by atoms with Crippen LogP contribution in [0.4, 0.5) is 0 Å². The van der Waals surface area contributed by atoms with E-state index >= 15 is 0 Å². The summed E-state index contributed by atoms with van der Waals surface area (Å²) in [5, 5.41) is 0.646. The molecule has 4 heteroatoms. The molecule has 0 saturated carbocycles. The molecule has 0 amide bonds. The topological polar surface area (TPSA) is 43.1 Å². The summed E-state index contributed by atoms with van der Waals surface area (Å²) < 4.78 is 5.63. The van der Waals surface area contributed by atoms with E-state index < -0.39 is 0 Å². The molecule has 0 atom stereocenters. The van der Waals surface area contributed by atoms with Crippen LogP contribution in [0.25, 0.3) is 11.3 Å². The number of aromatic nitrogens is 1. The number of benzene rings is 1. The summed E-state index contributed by atoms with van der Waals surface area (Å²) in [4.78, 5) is 16.2. The zero-order chi connectivity index (χ0) is 14.2. The number of Topliss-reactive ketones (excluding diaryl/α,β-unsaturated/α-hetero) is 1. The molecule has 0 unspecified atom stereocenters. The minimum absolute atomic E-state index is 0.132. The molecular weight excluding hydrogens is 262 g/mol. The van der Waals surface area contributed by atoms with Crippen molar-refractivity contribution in [3.8, 4) is 11.3 Å². The van der Waals surface area contributed by atoms with Crippen LogP contribution in [0.15, 0.2) is 28.7 Å². The molecule has 19 heavy (non-hydrogen) atoms. The van der Waals surface area contributed by atoms with Gasteiger partial charge in [-0.25, -0.2) is 4.98 Å². The lowest BCUT2D eigenvalue weighted by atomic mass is 9.97. The molecule has 1 aromatic carbocycles. The van der Waals surface area contributed by atoms with Gasteiger partial charge in [-0.05, 0) is 12.1 Å². The quantitative estimate of drug-likeness (QED) is 0.759. The van der Waals surface area contributed by atoms with Gasteiger partial charge in [-0.2, -0.15) is 0 Å². The van der Waals surface area contributed by atoms with Crippen molar-refractivity contribution in [3.05, 3.63) is 40.9 Å². The van der Waals surface area contributed by atoms with E-state index in [0.29, 0.717) is 22.4 Å². The average Bonchev–Trinajstić information content (AvgIpc) is 2.74. The van der Waals surface area contributed by atoms with Crippen LogP contribution in [0.2, 0.25) is 5.02 Å². The molecule has 0 radical (unpaired) electrons. The van der Waals surface area contributed by atoms with Gasteiger partial charge in [0.05, 0.1) is 0 Å². The molecule has 0 saturated heterocycles. The maximum Gasteiger partial charge on any atom is 0.201 e. The highest BCUT2D eigenvalue weighted by Gasteiger charge is 2.26. The van der Waals surface area contributed by atoms with E-state index in [4.69, 9.17) is 16.0 Å². The molecule has 0 bridgehead atoms. The molecule has 0 aliphatic rings. The monoisotopic (exact) mass is 277 g/mol. The van der Waals surface area contributed by atoms with Gasteiger partial charge < -0.3 is 4.42 Å². The van der Waals surface area contributed by atoms with Gasteiger partial charge in [-0.1, -0.05) is 44.5 Å². The standard InChI is InChI=1S/C15H16ClNO2/c1-9(18)13-12(10-5-7-11(16)8-6-10)17-14(19-13)15(2,3)4/h5-8H,1-4H3. The predicted molar refractivity (Wildman–Crippen MR) is 75.7 cm³/mol. The van der Waals surface area contributed by atoms with Crippen LogP contribution in [0, 0.1) is 0 Å². The zero-order valence-electron chi connectivity index (χ0n) is 11.5. The number of nitrogens with zero attached hydrogens (tertiary/aromatic N) is 1. The Kier molecular flexibility index (Phi) is 3.50. The Bertz CT molecular complexity index is 606. The minimum Gasteiger partial charge on any atom is -0.436 e. The van der Waals surface area contributed by atoms with Crippen molar-refractivity contribution in [2.24, 2.45) is 0 Å². The molecule has 1 aromatic heterocycles. The van der Waals surface area contributed by atoms with Crippen LogP contribution in [-0.4, -0.2) is 10.8 Å². The summed E-state index contributed by atoms with van der Waals surface area (Å²) in [6.07, 6.45) is 0. The third kappa shape index (κ3) is 2.87. The van der Waals surface area contributed by atoms with Crippen molar-refractivity contribution in [1.82, 2.24) is 4.98 Å². The molecular formula is C15H16ClNO2. The second kappa shape index (κ2) is 4.82. The van der Waals surface area contributed by atoms with Gasteiger partial charge in [0.15, 0.2) is 11.5 Å². The van der Waals surface area contributed by atoms with Gasteiger partial charge in [-0.15, -0.1) is 0 Å². The normalized spacial score (nSPS) is 11.6. The summed E-state index contributed by atoms with van der Waals surface area (Å²) in [5.41, 5.74) is 1.16. The van der Waals surface area contributed by atoms with E-state index in [1.165, 1.54) is 6.92 Å². The van der Waals surface area contributed by atoms with Crippen LogP contribution < -0.4 is 0 Å². The van der Waals surface area contributed by atoms with Crippen molar-refractivity contribution in [2.75, 3.05) is 0 Å². The number of carbonyl (C=O) groups excluding carboxylic acids is 1. The Morgan fingerprint density at radius 1 is 1.21 bits per heavy atom. The molecule has 1 heterocycles. The zero-order valence-corrected chi connectivity index (χ0v) is 12.2. The van der Waals surface area contributed by atoms with Gasteiger partial charge in [-0.3, -0.25) is 4.79 Å². The maximum absolute atomic E-state index is 11.7. The van der Waals surface area contributed by atoms with Crippen LogP contribution in [-0.2, 0) is 5.41 Å². The number of rotatable bonds is 2. The van der Waals surface area contributed by atoms with Crippen molar-refractivity contribution in [2.45, 2.75) is 33.1 Å². The number of oxazole rings is 1. The number of carbonyl (C=O) groups is 1. The molecule has 0 aliphatic heterocycles. The summed E-state index contributed by atoms with van der Waals surface area (Å²) in [7, 11) is 0. The van der Waals surface area contributed by atoms with Crippen LogP contribution in [0.5, 0.6) is 0 Å². The number of halogens is 1. The summed E-state index contributed by atoms with van der Waals surface area (Å²) >= 11 is 5.87. The molecule has 2 rings (SSSR count). The van der Waals surface area contributed by atoms with Crippen molar-refractivity contribution in [1.29, 1.82) is 0 Å². The van der Waals surface area contributed by atoms with Gasteiger partial charge in [0.1, 0.15) is 5.69 Å². The molecule has 2 aromatic rings. The summed E-state index contributed by atoms with van der Waals surface area (Å²) in [6, 6.07) is 7.20. The van der Waals surface area contributed by atoms with Gasteiger partial charge >= 0.3 is 0 Å². The lowest BCUT2D eigenvalue weighted by Crippen LogP contribution is -2.11. The number of hydrogen-bond acceptors (Lipinski definition) is 3. The Morgan fingerprint density at radius 2 is 1.79 bits per heavy atom. The second-order valence-electron chi connectivity index (χ2n) is 5.51. The largest absolute Gasteiger partial charge is 0.436 e. The lowest BCUT2D eigenvalue weighted by Gasteiger charge is -2.11. The second-order valence-corrected chi connectivity index (χ2v) is 5.95.